The van der Waals surface area contributed by atoms with E-state index in [9.17, 15) is 4.79 Å². The highest BCUT2D eigenvalue weighted by atomic mass is 16.5. The monoisotopic (exact) mass is 331 g/mol. The summed E-state index contributed by atoms with van der Waals surface area (Å²) in [7, 11) is 3.11. The molecule has 0 aliphatic carbocycles. The summed E-state index contributed by atoms with van der Waals surface area (Å²) < 4.78 is 12.4. The molecule has 0 saturated carbocycles. The minimum absolute atomic E-state index is 0.228. The van der Waals surface area contributed by atoms with Crippen LogP contribution in [0.4, 0.5) is 5.69 Å². The highest BCUT2D eigenvalue weighted by Crippen LogP contribution is 2.26. The summed E-state index contributed by atoms with van der Waals surface area (Å²) in [5.74, 6) is 1.37. The topological polar surface area (TPSA) is 65.4 Å². The Kier molecular flexibility index (Phi) is 5.84. The molecular weight excluding hydrogens is 306 g/mol. The van der Waals surface area contributed by atoms with E-state index >= 15 is 0 Å². The number of methoxy groups -OCH3 is 2. The van der Waals surface area contributed by atoms with Gasteiger partial charge in [-0.05, 0) is 24.5 Å². The highest BCUT2D eigenvalue weighted by molar-refractivity contribution is 6.06. The Morgan fingerprint density at radius 3 is 2.62 bits per heavy atom. The number of carbonyl (C=O) groups excluding carboxylic acids is 1. The van der Waals surface area contributed by atoms with E-state index in [1.807, 2.05) is 4.68 Å². The van der Waals surface area contributed by atoms with Crippen LogP contribution in [0.1, 0.15) is 36.8 Å². The Bertz CT molecular complexity index is 708. The molecule has 2 aromatic rings. The van der Waals surface area contributed by atoms with Crippen molar-refractivity contribution in [3.8, 4) is 11.5 Å². The predicted octanol–water partition coefficient (Wildman–Crippen LogP) is 3.37. The van der Waals surface area contributed by atoms with Crippen molar-refractivity contribution >= 4 is 11.6 Å². The van der Waals surface area contributed by atoms with Crippen LogP contribution < -0.4 is 14.8 Å². The molecule has 6 nitrogen and oxygen atoms in total. The first-order chi connectivity index (χ1) is 11.5. The van der Waals surface area contributed by atoms with Crippen LogP contribution in [-0.2, 0) is 13.0 Å². The number of rotatable bonds is 7. The number of ether oxygens (including phenoxy) is 2. The quantitative estimate of drug-likeness (QED) is 0.845. The molecule has 1 aromatic carbocycles. The summed E-state index contributed by atoms with van der Waals surface area (Å²) in [4.78, 5) is 12.6. The zero-order valence-corrected chi connectivity index (χ0v) is 14.9. The van der Waals surface area contributed by atoms with Gasteiger partial charge in [0, 0.05) is 12.6 Å². The molecule has 0 aliphatic rings. The number of aromatic nitrogens is 2. The average Bonchev–Trinajstić information content (AvgIpc) is 2.94. The summed E-state index contributed by atoms with van der Waals surface area (Å²) in [5.41, 5.74) is 2.21. The molecule has 1 amide bonds. The molecule has 130 valence electrons. The number of nitrogens with zero attached hydrogens (tertiary/aromatic N) is 2. The lowest BCUT2D eigenvalue weighted by Gasteiger charge is -2.12. The van der Waals surface area contributed by atoms with Crippen molar-refractivity contribution in [3.63, 3.8) is 0 Å². The van der Waals surface area contributed by atoms with Crippen molar-refractivity contribution < 1.29 is 14.3 Å². The molecule has 2 rings (SSSR count). The third-order valence-corrected chi connectivity index (χ3v) is 3.72. The van der Waals surface area contributed by atoms with Crippen LogP contribution in [-0.4, -0.2) is 29.9 Å². The fraction of sp³-hybridized carbons (Fsp3) is 0.444. The first-order valence-electron chi connectivity index (χ1n) is 8.08. The van der Waals surface area contributed by atoms with E-state index in [4.69, 9.17) is 9.47 Å². The molecule has 6 heteroatoms. The molecule has 0 aliphatic heterocycles. The number of amides is 1. The molecule has 0 atom stereocenters. The van der Waals surface area contributed by atoms with Gasteiger partial charge in [-0.2, -0.15) is 5.10 Å². The van der Waals surface area contributed by atoms with Gasteiger partial charge in [0.15, 0.2) is 0 Å². The van der Waals surface area contributed by atoms with Crippen molar-refractivity contribution in [2.24, 2.45) is 5.92 Å². The van der Waals surface area contributed by atoms with Gasteiger partial charge in [0.1, 0.15) is 11.5 Å². The third kappa shape index (κ3) is 3.88. The normalized spacial score (nSPS) is 10.8. The van der Waals surface area contributed by atoms with E-state index in [0.717, 1.165) is 24.3 Å². The first-order valence-corrected chi connectivity index (χ1v) is 8.08. The van der Waals surface area contributed by atoms with Gasteiger partial charge in [0.2, 0.25) is 0 Å². The fourth-order valence-corrected chi connectivity index (χ4v) is 2.57. The summed E-state index contributed by atoms with van der Waals surface area (Å²) >= 11 is 0. The second-order valence-electron chi connectivity index (χ2n) is 5.95. The molecule has 0 bridgehead atoms. The van der Waals surface area contributed by atoms with Crippen LogP contribution >= 0.6 is 0 Å². The van der Waals surface area contributed by atoms with E-state index in [1.165, 1.54) is 7.11 Å². The summed E-state index contributed by atoms with van der Waals surface area (Å²) in [5, 5.41) is 7.34. The number of nitrogens with one attached hydrogen (secondary N) is 1. The van der Waals surface area contributed by atoms with E-state index < -0.39 is 0 Å². The van der Waals surface area contributed by atoms with Crippen molar-refractivity contribution in [2.45, 2.75) is 33.7 Å². The van der Waals surface area contributed by atoms with E-state index in [0.29, 0.717) is 23.0 Å². The Morgan fingerprint density at radius 2 is 2.04 bits per heavy atom. The van der Waals surface area contributed by atoms with Crippen molar-refractivity contribution in [3.05, 3.63) is 35.7 Å². The van der Waals surface area contributed by atoms with Crippen LogP contribution in [0.15, 0.2) is 24.4 Å². The molecule has 1 aromatic heterocycles. The van der Waals surface area contributed by atoms with E-state index in [2.05, 4.69) is 31.2 Å². The Balaban J connectivity index is 2.25. The minimum atomic E-state index is -0.228. The standard InChI is InChI=1S/C18H25N3O3/c1-6-16-15(10-19-21(16)11-12(2)3)20-18(22)14-8-7-13(23-4)9-17(14)24-5/h7-10,12H,6,11H2,1-5H3,(H,20,22). The summed E-state index contributed by atoms with van der Waals surface area (Å²) in [6, 6.07) is 5.12. The molecule has 0 spiro atoms. The first kappa shape index (κ1) is 17.8. The number of benzene rings is 1. The lowest BCUT2D eigenvalue weighted by Crippen LogP contribution is -2.15. The van der Waals surface area contributed by atoms with Crippen molar-refractivity contribution in [1.29, 1.82) is 0 Å². The van der Waals surface area contributed by atoms with Gasteiger partial charge in [0.05, 0.1) is 37.4 Å². The maximum Gasteiger partial charge on any atom is 0.259 e. The smallest absolute Gasteiger partial charge is 0.259 e. The molecule has 24 heavy (non-hydrogen) atoms. The van der Waals surface area contributed by atoms with Gasteiger partial charge in [-0.3, -0.25) is 9.48 Å². The summed E-state index contributed by atoms with van der Waals surface area (Å²) in [6.45, 7) is 7.16. The lowest BCUT2D eigenvalue weighted by molar-refractivity contribution is 0.102. The second-order valence-corrected chi connectivity index (χ2v) is 5.95. The van der Waals surface area contributed by atoms with Gasteiger partial charge < -0.3 is 14.8 Å². The molecule has 0 saturated heterocycles. The van der Waals surface area contributed by atoms with E-state index in [-0.39, 0.29) is 5.91 Å². The van der Waals surface area contributed by atoms with Gasteiger partial charge in [-0.1, -0.05) is 20.8 Å². The Morgan fingerprint density at radius 1 is 1.29 bits per heavy atom. The average molecular weight is 331 g/mol. The van der Waals surface area contributed by atoms with Crippen LogP contribution in [0.2, 0.25) is 0 Å². The third-order valence-electron chi connectivity index (χ3n) is 3.72. The zero-order chi connectivity index (χ0) is 17.7. The predicted molar refractivity (Wildman–Crippen MR) is 93.9 cm³/mol. The zero-order valence-electron chi connectivity index (χ0n) is 14.9. The molecule has 0 radical (unpaired) electrons. The lowest BCUT2D eigenvalue weighted by atomic mass is 10.1. The van der Waals surface area contributed by atoms with Gasteiger partial charge in [-0.15, -0.1) is 0 Å². The molecule has 0 unspecified atom stereocenters. The van der Waals surface area contributed by atoms with Gasteiger partial charge in [0.25, 0.3) is 5.91 Å². The molecule has 1 N–H and O–H groups in total. The van der Waals surface area contributed by atoms with Crippen molar-refractivity contribution in [1.82, 2.24) is 9.78 Å². The number of carbonyl (C=O) groups is 1. The van der Waals surface area contributed by atoms with E-state index in [1.54, 1.807) is 31.5 Å². The fourth-order valence-electron chi connectivity index (χ4n) is 2.57. The molecular formula is C18H25N3O3. The maximum absolute atomic E-state index is 12.6. The number of hydrogen-bond donors (Lipinski definition) is 1. The molecule has 1 heterocycles. The second kappa shape index (κ2) is 7.86. The van der Waals surface area contributed by atoms with Crippen LogP contribution in [0.25, 0.3) is 0 Å². The minimum Gasteiger partial charge on any atom is -0.497 e. The Labute approximate surface area is 142 Å². The van der Waals surface area contributed by atoms with Crippen LogP contribution in [0.3, 0.4) is 0 Å². The van der Waals surface area contributed by atoms with Gasteiger partial charge >= 0.3 is 0 Å². The SMILES string of the molecule is CCc1c(NC(=O)c2ccc(OC)cc2OC)cnn1CC(C)C. The van der Waals surface area contributed by atoms with Crippen LogP contribution in [0, 0.1) is 5.92 Å². The van der Waals surface area contributed by atoms with Crippen LogP contribution in [0.5, 0.6) is 11.5 Å². The number of hydrogen-bond acceptors (Lipinski definition) is 4. The molecule has 0 fully saturated rings. The summed E-state index contributed by atoms with van der Waals surface area (Å²) in [6.07, 6.45) is 2.50. The van der Waals surface area contributed by atoms with Gasteiger partial charge in [-0.25, -0.2) is 0 Å². The largest absolute Gasteiger partial charge is 0.497 e. The number of anilines is 1. The Hall–Kier alpha value is -2.50. The maximum atomic E-state index is 12.6. The van der Waals surface area contributed by atoms with Crippen molar-refractivity contribution in [2.75, 3.05) is 19.5 Å². The highest BCUT2D eigenvalue weighted by Gasteiger charge is 2.17.